The number of thioether (sulfide) groups is 1. The zero-order valence-corrected chi connectivity index (χ0v) is 23.3. The number of carbonyl (C=O) groups excluding carboxylic acids is 2. The average molecular weight is 565 g/mol. The lowest BCUT2D eigenvalue weighted by atomic mass is 9.92. The molecular formula is C22H33N2O11PS. The zero-order chi connectivity index (χ0) is 27.6. The lowest BCUT2D eigenvalue weighted by molar-refractivity contribution is -0.385. The van der Waals surface area contributed by atoms with Crippen LogP contribution in [0, 0.1) is 15.5 Å². The summed E-state index contributed by atoms with van der Waals surface area (Å²) in [4.78, 5) is 37.8. The molecule has 0 saturated carbocycles. The van der Waals surface area contributed by atoms with E-state index in [4.69, 9.17) is 18.7 Å². The molecule has 1 atom stereocenters. The highest BCUT2D eigenvalue weighted by molar-refractivity contribution is 8.13. The Balaban J connectivity index is 1.85. The highest BCUT2D eigenvalue weighted by Crippen LogP contribution is 2.47. The van der Waals surface area contributed by atoms with Crippen LogP contribution in [0.5, 0.6) is 11.5 Å². The monoisotopic (exact) mass is 564 g/mol. The predicted molar refractivity (Wildman–Crippen MR) is 135 cm³/mol. The van der Waals surface area contributed by atoms with E-state index in [2.05, 4.69) is 9.05 Å². The van der Waals surface area contributed by atoms with Crippen molar-refractivity contribution in [3.63, 3.8) is 0 Å². The van der Waals surface area contributed by atoms with Crippen molar-refractivity contribution in [2.24, 2.45) is 5.41 Å². The van der Waals surface area contributed by atoms with Crippen molar-refractivity contribution in [2.75, 3.05) is 53.9 Å². The fourth-order valence-electron chi connectivity index (χ4n) is 3.61. The number of hydrogen-bond acceptors (Lipinski definition) is 12. The summed E-state index contributed by atoms with van der Waals surface area (Å²) in [6.45, 7) is 2.13. The van der Waals surface area contributed by atoms with Crippen LogP contribution in [0.15, 0.2) is 12.1 Å². The number of nitrogens with zero attached hydrogens (tertiary/aromatic N) is 2. The van der Waals surface area contributed by atoms with E-state index >= 15 is 0 Å². The first-order chi connectivity index (χ1) is 17.5. The van der Waals surface area contributed by atoms with Crippen molar-refractivity contribution in [3.05, 3.63) is 27.8 Å². The van der Waals surface area contributed by atoms with Gasteiger partial charge in [0.05, 0.1) is 42.8 Å². The van der Waals surface area contributed by atoms with Gasteiger partial charge in [-0.15, -0.1) is 0 Å². The minimum absolute atomic E-state index is 0.0429. The van der Waals surface area contributed by atoms with Crippen molar-refractivity contribution in [1.29, 1.82) is 0 Å². The normalized spacial score (nSPS) is 17.5. The lowest BCUT2D eigenvalue weighted by Crippen LogP contribution is -2.34. The number of ether oxygens (including phenoxy) is 3. The van der Waals surface area contributed by atoms with Gasteiger partial charge in [0.15, 0.2) is 16.6 Å². The average Bonchev–Trinajstić information content (AvgIpc) is 3.31. The molecule has 0 radical (unpaired) electrons. The number of nitro groups is 1. The Bertz CT molecular complexity index is 1020. The van der Waals surface area contributed by atoms with Gasteiger partial charge in [-0.25, -0.2) is 9.36 Å². The van der Waals surface area contributed by atoms with E-state index in [0.717, 1.165) is 0 Å². The molecule has 208 valence electrons. The van der Waals surface area contributed by atoms with Crippen LogP contribution in [-0.2, 0) is 34.3 Å². The molecule has 1 unspecified atom stereocenters. The molecule has 1 aliphatic heterocycles. The molecule has 1 amide bonds. The molecule has 15 heteroatoms. The number of phosphoric acid groups is 1. The molecule has 1 aliphatic rings. The van der Waals surface area contributed by atoms with Gasteiger partial charge in [0.2, 0.25) is 0 Å². The molecule has 1 aromatic carbocycles. The van der Waals surface area contributed by atoms with Gasteiger partial charge in [-0.05, 0) is 32.3 Å². The van der Waals surface area contributed by atoms with Crippen LogP contribution in [0.2, 0.25) is 0 Å². The second-order valence-corrected chi connectivity index (χ2v) is 11.3. The second-order valence-electron chi connectivity index (χ2n) is 8.37. The Morgan fingerprint density at radius 3 is 2.38 bits per heavy atom. The molecule has 13 nitrogen and oxygen atoms in total. The minimum atomic E-state index is -3.50. The summed E-state index contributed by atoms with van der Waals surface area (Å²) in [6, 6.07) is 2.61. The maximum atomic E-state index is 12.8. The Kier molecular flexibility index (Phi) is 11.6. The highest BCUT2D eigenvalue weighted by Gasteiger charge is 2.42. The molecule has 0 aliphatic carbocycles. The number of nitro benzene ring substituents is 1. The third-order valence-electron chi connectivity index (χ3n) is 5.83. The molecule has 37 heavy (non-hydrogen) atoms. The number of likely N-dealkylation sites (tertiary alicyclic amines) is 1. The van der Waals surface area contributed by atoms with Crippen molar-refractivity contribution < 1.29 is 46.9 Å². The Labute approximate surface area is 219 Å². The van der Waals surface area contributed by atoms with E-state index in [0.29, 0.717) is 31.6 Å². The molecule has 1 saturated heterocycles. The lowest BCUT2D eigenvalue weighted by Gasteiger charge is -2.22. The topological polar surface area (TPSA) is 153 Å². The number of phosphoric ester groups is 1. The van der Waals surface area contributed by atoms with E-state index in [1.54, 1.807) is 6.92 Å². The van der Waals surface area contributed by atoms with Crippen LogP contribution < -0.4 is 9.47 Å². The van der Waals surface area contributed by atoms with Gasteiger partial charge < -0.3 is 19.1 Å². The molecule has 0 bridgehead atoms. The third-order valence-corrected chi connectivity index (χ3v) is 8.47. The van der Waals surface area contributed by atoms with Crippen LogP contribution in [0.3, 0.4) is 0 Å². The van der Waals surface area contributed by atoms with Crippen molar-refractivity contribution in [3.8, 4) is 11.5 Å². The van der Waals surface area contributed by atoms with Gasteiger partial charge in [-0.1, -0.05) is 11.8 Å². The number of unbranched alkanes of at least 4 members (excludes halogenated alkanes) is 1. The van der Waals surface area contributed by atoms with Gasteiger partial charge >= 0.3 is 13.9 Å². The SMILES string of the molecule is COc1cc(COC(=O)N2CCC(C)(C(=O)SCCCCOP(=O)(OC)OC)C2)c([N+](=O)[O-])cc1OC. The number of methoxy groups -OCH3 is 2. The van der Waals surface area contributed by atoms with Crippen molar-refractivity contribution in [2.45, 2.75) is 32.8 Å². The molecule has 1 fully saturated rings. The molecule has 1 heterocycles. The van der Waals surface area contributed by atoms with Crippen LogP contribution in [0.25, 0.3) is 0 Å². The van der Waals surface area contributed by atoms with Crippen molar-refractivity contribution >= 4 is 36.5 Å². The van der Waals surface area contributed by atoms with Gasteiger partial charge in [0.25, 0.3) is 5.69 Å². The summed E-state index contributed by atoms with van der Waals surface area (Å²) in [5.74, 6) is 0.997. The number of rotatable bonds is 14. The van der Waals surface area contributed by atoms with Gasteiger partial charge in [-0.2, -0.15) is 0 Å². The van der Waals surface area contributed by atoms with Crippen molar-refractivity contribution in [1.82, 2.24) is 4.90 Å². The summed E-state index contributed by atoms with van der Waals surface area (Å²) >= 11 is 1.17. The highest BCUT2D eigenvalue weighted by atomic mass is 32.2. The fraction of sp³-hybridized carbons (Fsp3) is 0.636. The second kappa shape index (κ2) is 14.0. The maximum Gasteiger partial charge on any atom is 0.474 e. The Morgan fingerprint density at radius 1 is 1.14 bits per heavy atom. The summed E-state index contributed by atoms with van der Waals surface area (Å²) < 4.78 is 41.9. The molecule has 0 aromatic heterocycles. The predicted octanol–water partition coefficient (Wildman–Crippen LogP) is 4.42. The van der Waals surface area contributed by atoms with Crippen LogP contribution in [0.4, 0.5) is 10.5 Å². The fourth-order valence-corrected chi connectivity index (χ4v) is 5.37. The van der Waals surface area contributed by atoms with Crippen LogP contribution >= 0.6 is 19.6 Å². The Hall–Kier alpha value is -2.38. The van der Waals surface area contributed by atoms with Crippen LogP contribution in [-0.4, -0.2) is 74.9 Å². The smallest absolute Gasteiger partial charge is 0.474 e. The number of carbonyl (C=O) groups is 2. The summed E-state index contributed by atoms with van der Waals surface area (Å²) in [5.41, 5.74) is -0.848. The first kappa shape index (κ1) is 30.8. The van der Waals surface area contributed by atoms with E-state index < -0.39 is 24.3 Å². The molecule has 0 N–H and O–H groups in total. The number of amides is 1. The van der Waals surface area contributed by atoms with E-state index in [-0.39, 0.29) is 47.6 Å². The third kappa shape index (κ3) is 8.30. The summed E-state index contributed by atoms with van der Waals surface area (Å²) in [6.07, 6.45) is 1.02. The summed E-state index contributed by atoms with van der Waals surface area (Å²) in [7, 11) is 1.73. The largest absolute Gasteiger partial charge is 0.493 e. The quantitative estimate of drug-likeness (QED) is 0.136. The molecule has 1 aromatic rings. The van der Waals surface area contributed by atoms with E-state index in [1.807, 2.05) is 0 Å². The molecule has 2 rings (SSSR count). The first-order valence-electron chi connectivity index (χ1n) is 11.4. The van der Waals surface area contributed by atoms with E-state index in [9.17, 15) is 24.3 Å². The van der Waals surface area contributed by atoms with E-state index in [1.165, 1.54) is 57.2 Å². The first-order valence-corrected chi connectivity index (χ1v) is 13.8. The summed E-state index contributed by atoms with van der Waals surface area (Å²) in [5, 5.41) is 11.4. The van der Waals surface area contributed by atoms with Gasteiger partial charge in [0, 0.05) is 33.1 Å². The van der Waals surface area contributed by atoms with Crippen LogP contribution in [0.1, 0.15) is 31.7 Å². The molecule has 0 spiro atoms. The van der Waals surface area contributed by atoms with Gasteiger partial charge in [0.1, 0.15) is 6.61 Å². The number of benzene rings is 1. The molecular weight excluding hydrogens is 531 g/mol. The minimum Gasteiger partial charge on any atom is -0.493 e. The van der Waals surface area contributed by atoms with Gasteiger partial charge in [-0.3, -0.25) is 28.5 Å². The Morgan fingerprint density at radius 2 is 1.78 bits per heavy atom. The number of hydrogen-bond donors (Lipinski definition) is 0. The standard InChI is InChI=1S/C22H33N2O11PS/c1-22(20(25)37-11-7-6-10-35-36(29,32-4)33-5)8-9-23(15-22)21(26)34-14-16-12-18(30-2)19(31-3)13-17(16)24(27)28/h12-13H,6-11,14-15H2,1-5H3. The maximum absolute atomic E-state index is 12.8. The zero-order valence-electron chi connectivity index (χ0n) is 21.6.